The van der Waals surface area contributed by atoms with Crippen molar-refractivity contribution in [1.82, 2.24) is 0 Å². The summed E-state index contributed by atoms with van der Waals surface area (Å²) in [6.07, 6.45) is 4.44. The molecule has 1 aromatic rings. The zero-order chi connectivity index (χ0) is 11.3. The van der Waals surface area contributed by atoms with Crippen molar-refractivity contribution in [1.29, 1.82) is 5.26 Å². The molecule has 0 spiro atoms. The van der Waals surface area contributed by atoms with Gasteiger partial charge in [0.15, 0.2) is 0 Å². The van der Waals surface area contributed by atoms with Crippen molar-refractivity contribution < 1.29 is 8.78 Å². The van der Waals surface area contributed by atoms with Gasteiger partial charge in [0.2, 0.25) is 0 Å². The van der Waals surface area contributed by atoms with Gasteiger partial charge in [-0.25, -0.2) is 8.78 Å². The monoisotopic (exact) mass is 209 g/mol. The van der Waals surface area contributed by atoms with Crippen LogP contribution in [0.4, 0.5) is 8.78 Å². The molecule has 80 valence electrons. The van der Waals surface area contributed by atoms with E-state index in [1.165, 1.54) is 31.4 Å². The molecule has 0 unspecified atom stereocenters. The van der Waals surface area contributed by atoms with Crippen molar-refractivity contribution in [3.63, 3.8) is 0 Å². The Morgan fingerprint density at radius 3 is 2.07 bits per heavy atom. The minimum Gasteiger partial charge on any atom is -0.205 e. The fourth-order valence-electron chi connectivity index (χ4n) is 1.13. The van der Waals surface area contributed by atoms with Gasteiger partial charge in [0.05, 0.1) is 0 Å². The predicted molar refractivity (Wildman–Crippen MR) is 54.1 cm³/mol. The Hall–Kier alpha value is -1.43. The maximum Gasteiger partial charge on any atom is 0.143 e. The number of benzene rings is 1. The smallest absolute Gasteiger partial charge is 0.143 e. The molecular formula is C12H13F2N. The lowest BCUT2D eigenvalue weighted by Crippen LogP contribution is -1.87. The van der Waals surface area contributed by atoms with Gasteiger partial charge in [0, 0.05) is 0 Å². The highest BCUT2D eigenvalue weighted by atomic mass is 19.1. The third kappa shape index (κ3) is 3.67. The van der Waals surface area contributed by atoms with E-state index in [0.717, 1.165) is 18.1 Å². The van der Waals surface area contributed by atoms with Crippen LogP contribution < -0.4 is 0 Å². The first kappa shape index (κ1) is 11.6. The molecule has 15 heavy (non-hydrogen) atoms. The Morgan fingerprint density at radius 1 is 1.33 bits per heavy atom. The fraction of sp³-hybridized carbons (Fsp3) is 0.417. The topological polar surface area (TPSA) is 23.8 Å². The molecule has 0 amide bonds. The molecule has 0 atom stereocenters. The second-order valence-electron chi connectivity index (χ2n) is 3.56. The lowest BCUT2D eigenvalue weighted by Gasteiger charge is -1.91. The molecule has 0 aliphatic heterocycles. The van der Waals surface area contributed by atoms with E-state index >= 15 is 0 Å². The molecule has 3 heteroatoms. The van der Waals surface area contributed by atoms with E-state index in [1.807, 2.05) is 0 Å². The van der Waals surface area contributed by atoms with Crippen LogP contribution in [0.15, 0.2) is 18.2 Å². The molecular weight excluding hydrogens is 196 g/mol. The molecule has 1 nitrogen and oxygen atoms in total. The van der Waals surface area contributed by atoms with Crippen LogP contribution in [0.1, 0.15) is 31.7 Å². The van der Waals surface area contributed by atoms with E-state index in [-0.39, 0.29) is 0 Å². The summed E-state index contributed by atoms with van der Waals surface area (Å²) in [5.41, 5.74) is -0.525. The normalized spacial score (nSPS) is 13.7. The summed E-state index contributed by atoms with van der Waals surface area (Å²) in [6.45, 7) is 2.26. The number of nitrogens with zero attached hydrogens (tertiary/aromatic N) is 1. The number of nitriles is 1. The Kier molecular flexibility index (Phi) is 4.23. The summed E-state index contributed by atoms with van der Waals surface area (Å²) >= 11 is 0. The highest BCUT2D eigenvalue weighted by Crippen LogP contribution is 2.31. The fourth-order valence-corrected chi connectivity index (χ4v) is 1.13. The Morgan fingerprint density at radius 2 is 1.87 bits per heavy atom. The van der Waals surface area contributed by atoms with Crippen molar-refractivity contribution in [3.8, 4) is 6.07 Å². The van der Waals surface area contributed by atoms with Crippen molar-refractivity contribution >= 4 is 0 Å². The molecule has 0 heterocycles. The quantitative estimate of drug-likeness (QED) is 0.692. The SMILES string of the molecule is CCC1CC1.N#Cc1c(F)cccc1F. The summed E-state index contributed by atoms with van der Waals surface area (Å²) in [6, 6.07) is 4.71. The maximum atomic E-state index is 12.4. The summed E-state index contributed by atoms with van der Waals surface area (Å²) in [4.78, 5) is 0. The zero-order valence-electron chi connectivity index (χ0n) is 8.63. The molecule has 2 rings (SSSR count). The Bertz CT molecular complexity index is 344. The van der Waals surface area contributed by atoms with E-state index in [0.29, 0.717) is 0 Å². The number of hydrogen-bond donors (Lipinski definition) is 0. The van der Waals surface area contributed by atoms with Gasteiger partial charge in [-0.05, 0) is 18.1 Å². The van der Waals surface area contributed by atoms with E-state index in [4.69, 9.17) is 5.26 Å². The van der Waals surface area contributed by atoms with Crippen molar-refractivity contribution in [2.45, 2.75) is 26.2 Å². The van der Waals surface area contributed by atoms with Gasteiger partial charge in [-0.15, -0.1) is 0 Å². The molecule has 0 saturated heterocycles. The van der Waals surface area contributed by atoms with E-state index in [2.05, 4.69) is 6.92 Å². The maximum absolute atomic E-state index is 12.4. The van der Waals surface area contributed by atoms with Gasteiger partial charge in [0.25, 0.3) is 0 Å². The van der Waals surface area contributed by atoms with Crippen LogP contribution in [-0.2, 0) is 0 Å². The Balaban J connectivity index is 0.000000187. The second kappa shape index (κ2) is 5.45. The summed E-state index contributed by atoms with van der Waals surface area (Å²) in [5, 5.41) is 8.17. The molecule has 1 aliphatic rings. The van der Waals surface area contributed by atoms with E-state index in [9.17, 15) is 8.78 Å². The third-order valence-electron chi connectivity index (χ3n) is 2.35. The minimum absolute atomic E-state index is 0.525. The third-order valence-corrected chi connectivity index (χ3v) is 2.35. The summed E-state index contributed by atoms with van der Waals surface area (Å²) < 4.78 is 24.8. The first-order valence-corrected chi connectivity index (χ1v) is 5.03. The number of hydrogen-bond acceptors (Lipinski definition) is 1. The zero-order valence-corrected chi connectivity index (χ0v) is 8.63. The van der Waals surface area contributed by atoms with Crippen LogP contribution in [0.25, 0.3) is 0 Å². The first-order chi connectivity index (χ1) is 7.19. The van der Waals surface area contributed by atoms with Crippen LogP contribution >= 0.6 is 0 Å². The van der Waals surface area contributed by atoms with Crippen molar-refractivity contribution in [3.05, 3.63) is 35.4 Å². The van der Waals surface area contributed by atoms with Crippen LogP contribution in [0.5, 0.6) is 0 Å². The van der Waals surface area contributed by atoms with Gasteiger partial charge < -0.3 is 0 Å². The van der Waals surface area contributed by atoms with Crippen LogP contribution in [0.2, 0.25) is 0 Å². The van der Waals surface area contributed by atoms with Gasteiger partial charge >= 0.3 is 0 Å². The largest absolute Gasteiger partial charge is 0.205 e. The molecule has 0 aromatic heterocycles. The predicted octanol–water partition coefficient (Wildman–Crippen LogP) is 3.64. The summed E-state index contributed by atoms with van der Waals surface area (Å²) in [5.74, 6) is -0.500. The number of halogens is 2. The van der Waals surface area contributed by atoms with E-state index in [1.54, 1.807) is 0 Å². The van der Waals surface area contributed by atoms with E-state index < -0.39 is 17.2 Å². The van der Waals surface area contributed by atoms with Crippen LogP contribution in [0, 0.1) is 28.9 Å². The average molecular weight is 209 g/mol. The van der Waals surface area contributed by atoms with Crippen LogP contribution in [0.3, 0.4) is 0 Å². The standard InChI is InChI=1S/C7H3F2N.C5H10/c8-6-2-1-3-7(9)5(6)4-10;1-2-5-3-4-5/h1-3H;5H,2-4H2,1H3. The highest BCUT2D eigenvalue weighted by Gasteiger charge is 2.17. The molecule has 0 bridgehead atoms. The average Bonchev–Trinajstić information content (AvgIpc) is 3.02. The van der Waals surface area contributed by atoms with Crippen molar-refractivity contribution in [2.24, 2.45) is 5.92 Å². The van der Waals surface area contributed by atoms with Crippen LogP contribution in [-0.4, -0.2) is 0 Å². The number of rotatable bonds is 1. The summed E-state index contributed by atoms with van der Waals surface area (Å²) in [7, 11) is 0. The minimum atomic E-state index is -0.817. The second-order valence-corrected chi connectivity index (χ2v) is 3.56. The lowest BCUT2D eigenvalue weighted by atomic mass is 10.2. The molecule has 0 N–H and O–H groups in total. The van der Waals surface area contributed by atoms with Gasteiger partial charge in [0.1, 0.15) is 23.3 Å². The molecule has 1 aromatic carbocycles. The molecule has 1 aliphatic carbocycles. The lowest BCUT2D eigenvalue weighted by molar-refractivity contribution is 0.577. The van der Waals surface area contributed by atoms with Gasteiger partial charge in [-0.2, -0.15) is 5.26 Å². The molecule has 0 radical (unpaired) electrons. The molecule has 1 saturated carbocycles. The first-order valence-electron chi connectivity index (χ1n) is 5.03. The Labute approximate surface area is 88.3 Å². The highest BCUT2D eigenvalue weighted by molar-refractivity contribution is 5.31. The van der Waals surface area contributed by atoms with Crippen molar-refractivity contribution in [2.75, 3.05) is 0 Å². The van der Waals surface area contributed by atoms with Gasteiger partial charge in [-0.1, -0.05) is 32.3 Å². The molecule has 1 fully saturated rings. The van der Waals surface area contributed by atoms with Gasteiger partial charge in [-0.3, -0.25) is 0 Å².